The quantitative estimate of drug-likeness (QED) is 0.826. The first-order valence-corrected chi connectivity index (χ1v) is 6.31. The van der Waals surface area contributed by atoms with Crippen molar-refractivity contribution in [1.29, 1.82) is 0 Å². The second-order valence-electron chi connectivity index (χ2n) is 4.89. The van der Waals surface area contributed by atoms with E-state index in [1.807, 2.05) is 0 Å². The van der Waals surface area contributed by atoms with Crippen molar-refractivity contribution in [2.45, 2.75) is 45.2 Å². The molecule has 0 bridgehead atoms. The third-order valence-corrected chi connectivity index (χ3v) is 3.54. The van der Waals surface area contributed by atoms with Crippen LogP contribution in [0.3, 0.4) is 0 Å². The van der Waals surface area contributed by atoms with Gasteiger partial charge >= 0.3 is 0 Å². The Morgan fingerprint density at radius 3 is 2.75 bits per heavy atom. The van der Waals surface area contributed by atoms with Gasteiger partial charge in [0.25, 0.3) is 0 Å². The van der Waals surface area contributed by atoms with E-state index in [9.17, 15) is 0 Å². The molecule has 1 aliphatic heterocycles. The number of nitrogens with two attached hydrogens (primary N) is 1. The Kier molecular flexibility index (Phi) is 3.49. The van der Waals surface area contributed by atoms with E-state index in [0.29, 0.717) is 6.04 Å². The predicted octanol–water partition coefficient (Wildman–Crippen LogP) is 3.09. The fourth-order valence-electron chi connectivity index (χ4n) is 2.59. The number of hydrogen-bond acceptors (Lipinski definition) is 2. The summed E-state index contributed by atoms with van der Waals surface area (Å²) in [4.78, 5) is 2.52. The van der Waals surface area contributed by atoms with Crippen LogP contribution in [0.4, 0.5) is 5.69 Å². The fourth-order valence-corrected chi connectivity index (χ4v) is 2.59. The molecule has 0 aromatic heterocycles. The monoisotopic (exact) mass is 218 g/mol. The van der Waals surface area contributed by atoms with Crippen molar-refractivity contribution in [2.24, 2.45) is 5.73 Å². The highest BCUT2D eigenvalue weighted by molar-refractivity contribution is 5.55. The van der Waals surface area contributed by atoms with E-state index in [2.05, 4.69) is 43.0 Å². The molecule has 2 N–H and O–H groups in total. The second kappa shape index (κ2) is 4.88. The Bertz CT molecular complexity index is 346. The third-order valence-electron chi connectivity index (χ3n) is 3.54. The normalized spacial score (nSPS) is 23.2. The van der Waals surface area contributed by atoms with Crippen molar-refractivity contribution in [2.75, 3.05) is 11.4 Å². The number of para-hydroxylation sites is 1. The lowest BCUT2D eigenvalue weighted by atomic mass is 9.99. The first kappa shape index (κ1) is 11.5. The minimum Gasteiger partial charge on any atom is -0.369 e. The summed E-state index contributed by atoms with van der Waals surface area (Å²) in [7, 11) is 0. The fraction of sp³-hybridized carbons (Fsp3) is 0.571. The minimum absolute atomic E-state index is 0.116. The predicted molar refractivity (Wildman–Crippen MR) is 69.7 cm³/mol. The third kappa shape index (κ3) is 2.22. The number of piperidine rings is 1. The topological polar surface area (TPSA) is 29.3 Å². The van der Waals surface area contributed by atoms with Crippen molar-refractivity contribution >= 4 is 5.69 Å². The molecule has 0 amide bonds. The largest absolute Gasteiger partial charge is 0.369 e. The Hall–Kier alpha value is -1.02. The molecule has 1 heterocycles. The van der Waals surface area contributed by atoms with Crippen LogP contribution in [-0.2, 0) is 0 Å². The number of anilines is 1. The van der Waals surface area contributed by atoms with Crippen LogP contribution in [0.2, 0.25) is 0 Å². The van der Waals surface area contributed by atoms with E-state index in [0.717, 1.165) is 0 Å². The zero-order valence-electron chi connectivity index (χ0n) is 10.3. The maximum absolute atomic E-state index is 6.04. The Morgan fingerprint density at radius 1 is 1.31 bits per heavy atom. The summed E-state index contributed by atoms with van der Waals surface area (Å²) in [6.45, 7) is 5.55. The van der Waals surface area contributed by atoms with Gasteiger partial charge in [0, 0.05) is 24.3 Å². The molecular formula is C14H22N2. The highest BCUT2D eigenvalue weighted by atomic mass is 15.2. The van der Waals surface area contributed by atoms with Gasteiger partial charge in [-0.3, -0.25) is 0 Å². The Labute approximate surface area is 98.4 Å². The molecule has 0 spiro atoms. The molecule has 0 saturated carbocycles. The van der Waals surface area contributed by atoms with Crippen LogP contribution in [0, 0.1) is 0 Å². The maximum atomic E-state index is 6.04. The molecule has 1 saturated heterocycles. The van der Waals surface area contributed by atoms with Crippen LogP contribution in [0.25, 0.3) is 0 Å². The van der Waals surface area contributed by atoms with Crippen LogP contribution < -0.4 is 10.6 Å². The average molecular weight is 218 g/mol. The lowest BCUT2D eigenvalue weighted by Gasteiger charge is -2.37. The first-order chi connectivity index (χ1) is 7.70. The van der Waals surface area contributed by atoms with E-state index < -0.39 is 0 Å². The molecule has 2 atom stereocenters. The summed E-state index contributed by atoms with van der Waals surface area (Å²) >= 11 is 0. The molecule has 1 fully saturated rings. The van der Waals surface area contributed by atoms with Crippen LogP contribution in [-0.4, -0.2) is 12.6 Å². The van der Waals surface area contributed by atoms with E-state index >= 15 is 0 Å². The minimum atomic E-state index is 0.116. The first-order valence-electron chi connectivity index (χ1n) is 6.31. The van der Waals surface area contributed by atoms with Gasteiger partial charge in [-0.05, 0) is 44.7 Å². The molecule has 0 aliphatic carbocycles. The molecular weight excluding hydrogens is 196 g/mol. The van der Waals surface area contributed by atoms with Crippen LogP contribution in [0.1, 0.15) is 44.7 Å². The molecule has 16 heavy (non-hydrogen) atoms. The van der Waals surface area contributed by atoms with Crippen molar-refractivity contribution in [1.82, 2.24) is 0 Å². The Morgan fingerprint density at radius 2 is 2.06 bits per heavy atom. The van der Waals surface area contributed by atoms with E-state index in [1.165, 1.54) is 37.1 Å². The zero-order valence-corrected chi connectivity index (χ0v) is 10.3. The number of rotatable bonds is 2. The van der Waals surface area contributed by atoms with Gasteiger partial charge in [-0.1, -0.05) is 18.2 Å². The molecule has 2 nitrogen and oxygen atoms in total. The van der Waals surface area contributed by atoms with Gasteiger partial charge in [-0.15, -0.1) is 0 Å². The Balaban J connectivity index is 2.31. The standard InChI is InChI=1S/C14H22N2/c1-11-7-5-6-10-16(11)14-9-4-3-8-13(14)12(2)15/h3-4,8-9,11-12H,5-7,10,15H2,1-2H3/t11?,12-/m0/s1. The van der Waals surface area contributed by atoms with Gasteiger partial charge in [-0.25, -0.2) is 0 Å². The van der Waals surface area contributed by atoms with Crippen LogP contribution >= 0.6 is 0 Å². The lowest BCUT2D eigenvalue weighted by molar-refractivity contribution is 0.483. The van der Waals surface area contributed by atoms with Crippen molar-refractivity contribution in [3.05, 3.63) is 29.8 Å². The smallest absolute Gasteiger partial charge is 0.0416 e. The van der Waals surface area contributed by atoms with Crippen molar-refractivity contribution in [3.63, 3.8) is 0 Å². The molecule has 1 aromatic rings. The molecule has 1 aliphatic rings. The number of nitrogens with zero attached hydrogens (tertiary/aromatic N) is 1. The zero-order chi connectivity index (χ0) is 11.5. The molecule has 1 aromatic carbocycles. The van der Waals surface area contributed by atoms with Gasteiger partial charge in [0.15, 0.2) is 0 Å². The van der Waals surface area contributed by atoms with E-state index in [1.54, 1.807) is 0 Å². The molecule has 1 unspecified atom stereocenters. The van der Waals surface area contributed by atoms with Gasteiger partial charge in [0.2, 0.25) is 0 Å². The summed E-state index contributed by atoms with van der Waals surface area (Å²) in [6.07, 6.45) is 3.96. The number of benzene rings is 1. The number of hydrogen-bond donors (Lipinski definition) is 1. The van der Waals surface area contributed by atoms with Gasteiger partial charge in [0.05, 0.1) is 0 Å². The summed E-state index contributed by atoms with van der Waals surface area (Å²) in [6, 6.07) is 9.32. The summed E-state index contributed by atoms with van der Waals surface area (Å²) in [5.41, 5.74) is 8.65. The summed E-state index contributed by atoms with van der Waals surface area (Å²) in [5.74, 6) is 0. The molecule has 2 rings (SSSR count). The summed E-state index contributed by atoms with van der Waals surface area (Å²) < 4.78 is 0. The van der Waals surface area contributed by atoms with Gasteiger partial charge in [-0.2, -0.15) is 0 Å². The van der Waals surface area contributed by atoms with Gasteiger partial charge in [0.1, 0.15) is 0 Å². The average Bonchev–Trinajstić information content (AvgIpc) is 2.29. The molecule has 0 radical (unpaired) electrons. The van der Waals surface area contributed by atoms with Crippen LogP contribution in [0.15, 0.2) is 24.3 Å². The van der Waals surface area contributed by atoms with Crippen molar-refractivity contribution < 1.29 is 0 Å². The van der Waals surface area contributed by atoms with E-state index in [4.69, 9.17) is 5.73 Å². The SMILES string of the molecule is CC1CCCCN1c1ccccc1[C@H](C)N. The molecule has 88 valence electrons. The van der Waals surface area contributed by atoms with Crippen molar-refractivity contribution in [3.8, 4) is 0 Å². The summed E-state index contributed by atoms with van der Waals surface area (Å²) in [5, 5.41) is 0. The van der Waals surface area contributed by atoms with Crippen LogP contribution in [0.5, 0.6) is 0 Å². The maximum Gasteiger partial charge on any atom is 0.0416 e. The highest BCUT2D eigenvalue weighted by Crippen LogP contribution is 2.30. The molecule has 2 heteroatoms. The second-order valence-corrected chi connectivity index (χ2v) is 4.89. The highest BCUT2D eigenvalue weighted by Gasteiger charge is 2.21. The van der Waals surface area contributed by atoms with E-state index in [-0.39, 0.29) is 6.04 Å². The lowest BCUT2D eigenvalue weighted by Crippen LogP contribution is -2.38. The van der Waals surface area contributed by atoms with Gasteiger partial charge < -0.3 is 10.6 Å².